The Bertz CT molecular complexity index is 481. The van der Waals surface area contributed by atoms with E-state index in [0.29, 0.717) is 0 Å². The molecule has 1 atom stereocenters. The maximum absolute atomic E-state index is 6.51. The first-order valence-corrected chi connectivity index (χ1v) is 6.00. The number of nitrogens with two attached hydrogens (primary N) is 1. The van der Waals surface area contributed by atoms with Crippen LogP contribution in [0.2, 0.25) is 5.02 Å². The van der Waals surface area contributed by atoms with Crippen LogP contribution in [0.1, 0.15) is 24.5 Å². The average molecular weight is 247 g/mol. The van der Waals surface area contributed by atoms with Crippen molar-refractivity contribution in [2.24, 2.45) is 5.73 Å². The van der Waals surface area contributed by atoms with Crippen molar-refractivity contribution in [2.45, 2.75) is 18.9 Å². The van der Waals surface area contributed by atoms with Crippen molar-refractivity contribution in [1.29, 1.82) is 0 Å². The van der Waals surface area contributed by atoms with Gasteiger partial charge in [-0.15, -0.1) is 0 Å². The zero-order chi connectivity index (χ0) is 12.3. The summed E-state index contributed by atoms with van der Waals surface area (Å²) in [6.45, 7) is 2.07. The largest absolute Gasteiger partial charge is 0.318 e. The molecule has 88 valence electrons. The summed E-state index contributed by atoms with van der Waals surface area (Å²) in [5, 5.41) is 0.721. The number of aromatic nitrogens is 1. The second-order valence-electron chi connectivity index (χ2n) is 4.07. The fourth-order valence-electron chi connectivity index (χ4n) is 1.95. The maximum Gasteiger partial charge on any atom is 0.0678 e. The molecule has 0 bridgehead atoms. The first kappa shape index (κ1) is 12.1. The molecule has 0 saturated carbocycles. The molecular weight excluding hydrogens is 232 g/mol. The van der Waals surface area contributed by atoms with Gasteiger partial charge < -0.3 is 5.73 Å². The molecule has 1 aromatic heterocycles. The normalized spacial score (nSPS) is 14.3. The van der Waals surface area contributed by atoms with Gasteiger partial charge in [-0.1, -0.05) is 36.7 Å². The van der Waals surface area contributed by atoms with Crippen LogP contribution in [-0.4, -0.2) is 4.98 Å². The van der Waals surface area contributed by atoms with E-state index < -0.39 is 5.54 Å². The third-order valence-electron chi connectivity index (χ3n) is 3.09. The molecule has 0 saturated heterocycles. The van der Waals surface area contributed by atoms with Crippen LogP contribution in [0.15, 0.2) is 48.8 Å². The number of halogens is 1. The van der Waals surface area contributed by atoms with Crippen molar-refractivity contribution in [3.8, 4) is 0 Å². The molecule has 1 unspecified atom stereocenters. The molecule has 1 heterocycles. The first-order valence-electron chi connectivity index (χ1n) is 5.62. The summed E-state index contributed by atoms with van der Waals surface area (Å²) < 4.78 is 0. The highest BCUT2D eigenvalue weighted by molar-refractivity contribution is 6.30. The monoisotopic (exact) mass is 246 g/mol. The van der Waals surface area contributed by atoms with Crippen LogP contribution in [-0.2, 0) is 5.54 Å². The van der Waals surface area contributed by atoms with E-state index in [1.807, 2.05) is 42.6 Å². The van der Waals surface area contributed by atoms with E-state index in [0.717, 1.165) is 22.6 Å². The molecule has 2 aromatic rings. The molecule has 2 N–H and O–H groups in total. The van der Waals surface area contributed by atoms with Gasteiger partial charge in [-0.05, 0) is 35.7 Å². The lowest BCUT2D eigenvalue weighted by Gasteiger charge is -2.29. The van der Waals surface area contributed by atoms with Gasteiger partial charge in [-0.25, -0.2) is 0 Å². The summed E-state index contributed by atoms with van der Waals surface area (Å²) in [7, 11) is 0. The van der Waals surface area contributed by atoms with Gasteiger partial charge in [0.05, 0.1) is 5.54 Å². The zero-order valence-electron chi connectivity index (χ0n) is 9.73. The number of benzene rings is 1. The summed E-state index contributed by atoms with van der Waals surface area (Å²) in [4.78, 5) is 4.14. The highest BCUT2D eigenvalue weighted by atomic mass is 35.5. The van der Waals surface area contributed by atoms with Gasteiger partial charge in [0.25, 0.3) is 0 Å². The van der Waals surface area contributed by atoms with Crippen LogP contribution in [0.5, 0.6) is 0 Å². The SMILES string of the molecule is CCC(N)(c1ccc(Cl)cc1)c1cccnc1. The van der Waals surface area contributed by atoms with E-state index in [9.17, 15) is 0 Å². The number of hydrogen-bond acceptors (Lipinski definition) is 2. The van der Waals surface area contributed by atoms with Crippen LogP contribution < -0.4 is 5.73 Å². The van der Waals surface area contributed by atoms with Crippen molar-refractivity contribution in [3.05, 3.63) is 64.9 Å². The first-order chi connectivity index (χ1) is 8.16. The predicted molar refractivity (Wildman–Crippen MR) is 70.9 cm³/mol. The molecule has 0 amide bonds. The summed E-state index contributed by atoms with van der Waals surface area (Å²) in [6.07, 6.45) is 4.37. The molecular formula is C14H15ClN2. The molecule has 1 aromatic carbocycles. The number of hydrogen-bond donors (Lipinski definition) is 1. The van der Waals surface area contributed by atoms with Gasteiger partial charge in [-0.2, -0.15) is 0 Å². The second kappa shape index (κ2) is 4.86. The lowest BCUT2D eigenvalue weighted by molar-refractivity contribution is 0.517. The molecule has 2 nitrogen and oxygen atoms in total. The lowest BCUT2D eigenvalue weighted by Crippen LogP contribution is -2.37. The Morgan fingerprint density at radius 1 is 1.18 bits per heavy atom. The number of rotatable bonds is 3. The third-order valence-corrected chi connectivity index (χ3v) is 3.35. The summed E-state index contributed by atoms with van der Waals surface area (Å²) in [5.41, 5.74) is 8.08. The van der Waals surface area contributed by atoms with Crippen molar-refractivity contribution in [1.82, 2.24) is 4.98 Å². The van der Waals surface area contributed by atoms with E-state index in [2.05, 4.69) is 11.9 Å². The van der Waals surface area contributed by atoms with Gasteiger partial charge in [-0.3, -0.25) is 4.98 Å². The summed E-state index contributed by atoms with van der Waals surface area (Å²) >= 11 is 5.90. The van der Waals surface area contributed by atoms with Crippen molar-refractivity contribution in [3.63, 3.8) is 0 Å². The van der Waals surface area contributed by atoms with Gasteiger partial charge in [0.2, 0.25) is 0 Å². The minimum atomic E-state index is -0.501. The Morgan fingerprint density at radius 2 is 1.88 bits per heavy atom. The van der Waals surface area contributed by atoms with Gasteiger partial charge in [0.1, 0.15) is 0 Å². The van der Waals surface area contributed by atoms with Crippen molar-refractivity contribution < 1.29 is 0 Å². The fourth-order valence-corrected chi connectivity index (χ4v) is 2.07. The van der Waals surface area contributed by atoms with Crippen LogP contribution in [0.25, 0.3) is 0 Å². The molecule has 0 aliphatic rings. The molecule has 2 rings (SSSR count). The molecule has 0 spiro atoms. The Morgan fingerprint density at radius 3 is 2.41 bits per heavy atom. The zero-order valence-corrected chi connectivity index (χ0v) is 10.5. The topological polar surface area (TPSA) is 38.9 Å². The lowest BCUT2D eigenvalue weighted by atomic mass is 9.82. The van der Waals surface area contributed by atoms with Crippen LogP contribution >= 0.6 is 11.6 Å². The minimum Gasteiger partial charge on any atom is -0.318 e. The molecule has 0 radical (unpaired) electrons. The quantitative estimate of drug-likeness (QED) is 0.902. The average Bonchev–Trinajstić information content (AvgIpc) is 2.40. The van der Waals surface area contributed by atoms with Crippen LogP contribution in [0.3, 0.4) is 0 Å². The van der Waals surface area contributed by atoms with Crippen molar-refractivity contribution >= 4 is 11.6 Å². The molecule has 0 fully saturated rings. The van der Waals surface area contributed by atoms with Gasteiger partial charge in [0, 0.05) is 17.4 Å². The maximum atomic E-state index is 6.51. The predicted octanol–water partition coefficient (Wildman–Crippen LogP) is 3.35. The van der Waals surface area contributed by atoms with E-state index in [4.69, 9.17) is 17.3 Å². The van der Waals surface area contributed by atoms with Gasteiger partial charge in [0.15, 0.2) is 0 Å². The molecule has 0 aliphatic carbocycles. The summed E-state index contributed by atoms with van der Waals surface area (Å²) in [6, 6.07) is 11.6. The Labute approximate surface area is 106 Å². The minimum absolute atomic E-state index is 0.501. The molecule has 0 aliphatic heterocycles. The van der Waals surface area contributed by atoms with Crippen LogP contribution in [0, 0.1) is 0 Å². The van der Waals surface area contributed by atoms with Crippen LogP contribution in [0.4, 0.5) is 0 Å². The standard InChI is InChI=1S/C14H15ClN2/c1-2-14(16,12-4-3-9-17-10-12)11-5-7-13(15)8-6-11/h3-10H,2,16H2,1H3. The molecule has 3 heteroatoms. The van der Waals surface area contributed by atoms with E-state index in [-0.39, 0.29) is 0 Å². The van der Waals surface area contributed by atoms with E-state index >= 15 is 0 Å². The van der Waals surface area contributed by atoms with Crippen molar-refractivity contribution in [2.75, 3.05) is 0 Å². The third kappa shape index (κ3) is 2.33. The number of pyridine rings is 1. The Kier molecular flexibility index (Phi) is 3.46. The smallest absolute Gasteiger partial charge is 0.0678 e. The Balaban J connectivity index is 2.48. The highest BCUT2D eigenvalue weighted by Gasteiger charge is 2.27. The molecule has 17 heavy (non-hydrogen) atoms. The summed E-state index contributed by atoms with van der Waals surface area (Å²) in [5.74, 6) is 0. The van der Waals surface area contributed by atoms with E-state index in [1.165, 1.54) is 0 Å². The Hall–Kier alpha value is -1.38. The van der Waals surface area contributed by atoms with Gasteiger partial charge >= 0.3 is 0 Å². The second-order valence-corrected chi connectivity index (χ2v) is 4.51. The van der Waals surface area contributed by atoms with E-state index in [1.54, 1.807) is 6.20 Å². The number of nitrogens with zero attached hydrogens (tertiary/aromatic N) is 1. The fraction of sp³-hybridized carbons (Fsp3) is 0.214. The highest BCUT2D eigenvalue weighted by Crippen LogP contribution is 2.30.